The summed E-state index contributed by atoms with van der Waals surface area (Å²) in [5, 5.41) is 16.5. The van der Waals surface area contributed by atoms with Gasteiger partial charge in [-0.2, -0.15) is 5.10 Å². The molecule has 0 bridgehead atoms. The molecule has 2 N–H and O–H groups in total. The topological polar surface area (TPSA) is 84.2 Å². The van der Waals surface area contributed by atoms with E-state index in [1.165, 1.54) is 0 Å². The Bertz CT molecular complexity index is 710. The first kappa shape index (κ1) is 17.2. The van der Waals surface area contributed by atoms with Crippen LogP contribution in [-0.2, 0) is 16.0 Å². The number of hydrogen-bond acceptors (Lipinski definition) is 3. The summed E-state index contributed by atoms with van der Waals surface area (Å²) < 4.78 is 1.76. The molecule has 0 saturated heterocycles. The zero-order valence-electron chi connectivity index (χ0n) is 14.1. The lowest BCUT2D eigenvalue weighted by molar-refractivity contribution is -0.143. The van der Waals surface area contributed by atoms with Crippen molar-refractivity contribution in [3.8, 4) is 5.69 Å². The summed E-state index contributed by atoms with van der Waals surface area (Å²) >= 11 is 0. The van der Waals surface area contributed by atoms with Crippen molar-refractivity contribution < 1.29 is 14.7 Å². The highest BCUT2D eigenvalue weighted by atomic mass is 16.4. The SMILES string of the molecule is O=C(Cc1ccc(-n2cccn2)cc1)NC1CCCCCC1C(=O)O. The van der Waals surface area contributed by atoms with E-state index in [0.717, 1.165) is 36.9 Å². The summed E-state index contributed by atoms with van der Waals surface area (Å²) in [6, 6.07) is 9.22. The van der Waals surface area contributed by atoms with Gasteiger partial charge in [-0.1, -0.05) is 31.4 Å². The van der Waals surface area contributed by atoms with Crippen molar-refractivity contribution in [3.63, 3.8) is 0 Å². The summed E-state index contributed by atoms with van der Waals surface area (Å²) in [6.07, 6.45) is 8.12. The summed E-state index contributed by atoms with van der Waals surface area (Å²) in [6.45, 7) is 0. The van der Waals surface area contributed by atoms with Crippen LogP contribution in [0.4, 0.5) is 0 Å². The molecule has 2 unspecified atom stereocenters. The maximum atomic E-state index is 12.4. The second kappa shape index (κ2) is 7.96. The quantitative estimate of drug-likeness (QED) is 0.819. The van der Waals surface area contributed by atoms with Gasteiger partial charge in [0.15, 0.2) is 0 Å². The first-order chi connectivity index (χ1) is 12.1. The minimum Gasteiger partial charge on any atom is -0.481 e. The molecule has 1 fully saturated rings. The molecular weight excluding hydrogens is 318 g/mol. The van der Waals surface area contributed by atoms with Gasteiger partial charge in [0.05, 0.1) is 18.0 Å². The largest absolute Gasteiger partial charge is 0.481 e. The van der Waals surface area contributed by atoms with Crippen LogP contribution in [0.15, 0.2) is 42.7 Å². The predicted molar refractivity (Wildman–Crippen MR) is 93.4 cm³/mol. The highest BCUT2D eigenvalue weighted by molar-refractivity contribution is 5.80. The molecule has 2 atom stereocenters. The molecule has 1 aliphatic carbocycles. The van der Waals surface area contributed by atoms with E-state index in [0.29, 0.717) is 6.42 Å². The maximum Gasteiger partial charge on any atom is 0.308 e. The van der Waals surface area contributed by atoms with Crippen LogP contribution in [0.2, 0.25) is 0 Å². The zero-order chi connectivity index (χ0) is 17.6. The van der Waals surface area contributed by atoms with Crippen LogP contribution in [0.5, 0.6) is 0 Å². The van der Waals surface area contributed by atoms with Gasteiger partial charge in [-0.3, -0.25) is 9.59 Å². The Balaban J connectivity index is 1.60. The standard InChI is InChI=1S/C19H23N3O3/c23-18(21-17-6-3-1-2-5-16(17)19(24)25)13-14-7-9-15(10-8-14)22-12-4-11-20-22/h4,7-12,16-17H,1-3,5-6,13H2,(H,21,23)(H,24,25). The summed E-state index contributed by atoms with van der Waals surface area (Å²) in [5.41, 5.74) is 1.83. The molecule has 1 aromatic heterocycles. The number of nitrogens with zero attached hydrogens (tertiary/aromatic N) is 2. The molecular formula is C19H23N3O3. The number of amides is 1. The number of nitrogens with one attached hydrogen (secondary N) is 1. The fraction of sp³-hybridized carbons (Fsp3) is 0.421. The lowest BCUT2D eigenvalue weighted by Crippen LogP contribution is -2.43. The Kier molecular flexibility index (Phi) is 5.48. The van der Waals surface area contributed by atoms with Gasteiger partial charge in [-0.25, -0.2) is 4.68 Å². The minimum absolute atomic E-state index is 0.120. The average Bonchev–Trinajstić information content (AvgIpc) is 3.02. The van der Waals surface area contributed by atoms with E-state index >= 15 is 0 Å². The van der Waals surface area contributed by atoms with Crippen molar-refractivity contribution in [2.45, 2.75) is 44.6 Å². The molecule has 1 aliphatic rings. The van der Waals surface area contributed by atoms with Gasteiger partial charge >= 0.3 is 5.97 Å². The molecule has 3 rings (SSSR count). The van der Waals surface area contributed by atoms with Crippen LogP contribution in [0.3, 0.4) is 0 Å². The third kappa shape index (κ3) is 4.47. The normalized spacial score (nSPS) is 20.6. The van der Waals surface area contributed by atoms with Crippen LogP contribution in [0.25, 0.3) is 5.69 Å². The number of carbonyl (C=O) groups excluding carboxylic acids is 1. The van der Waals surface area contributed by atoms with Crippen molar-refractivity contribution in [2.24, 2.45) is 5.92 Å². The maximum absolute atomic E-state index is 12.4. The number of carbonyl (C=O) groups is 2. The Morgan fingerprint density at radius 3 is 2.60 bits per heavy atom. The molecule has 25 heavy (non-hydrogen) atoms. The number of hydrogen-bond donors (Lipinski definition) is 2. The molecule has 0 aliphatic heterocycles. The van der Waals surface area contributed by atoms with Gasteiger partial charge < -0.3 is 10.4 Å². The van der Waals surface area contributed by atoms with Gasteiger partial charge in [-0.15, -0.1) is 0 Å². The third-order valence-corrected chi connectivity index (χ3v) is 4.75. The van der Waals surface area contributed by atoms with Crippen LogP contribution in [0.1, 0.15) is 37.7 Å². The van der Waals surface area contributed by atoms with Crippen molar-refractivity contribution in [1.29, 1.82) is 0 Å². The van der Waals surface area contributed by atoms with Crippen LogP contribution in [0, 0.1) is 5.92 Å². The van der Waals surface area contributed by atoms with Gasteiger partial charge in [-0.05, 0) is 36.6 Å². The smallest absolute Gasteiger partial charge is 0.308 e. The minimum atomic E-state index is -0.809. The van der Waals surface area contributed by atoms with E-state index < -0.39 is 11.9 Å². The number of rotatable bonds is 5. The molecule has 0 radical (unpaired) electrons. The molecule has 0 spiro atoms. The molecule has 6 heteroatoms. The van der Waals surface area contributed by atoms with Gasteiger partial charge in [0.1, 0.15) is 0 Å². The van der Waals surface area contributed by atoms with Gasteiger partial charge in [0, 0.05) is 18.4 Å². The Morgan fingerprint density at radius 2 is 1.92 bits per heavy atom. The van der Waals surface area contributed by atoms with Gasteiger partial charge in [0.25, 0.3) is 0 Å². The number of aromatic nitrogens is 2. The molecule has 1 aromatic carbocycles. The van der Waals surface area contributed by atoms with E-state index in [9.17, 15) is 14.7 Å². The van der Waals surface area contributed by atoms with Crippen LogP contribution >= 0.6 is 0 Å². The second-order valence-electron chi connectivity index (χ2n) is 6.55. The van der Waals surface area contributed by atoms with Crippen molar-refractivity contribution >= 4 is 11.9 Å². The van der Waals surface area contributed by atoms with E-state index in [1.54, 1.807) is 10.9 Å². The zero-order valence-corrected chi connectivity index (χ0v) is 14.1. The van der Waals surface area contributed by atoms with E-state index in [4.69, 9.17) is 0 Å². The molecule has 1 amide bonds. The first-order valence-corrected chi connectivity index (χ1v) is 8.74. The molecule has 132 valence electrons. The van der Waals surface area contributed by atoms with E-state index in [-0.39, 0.29) is 18.4 Å². The summed E-state index contributed by atoms with van der Waals surface area (Å²) in [5.74, 6) is -1.41. The number of carboxylic acids is 1. The lowest BCUT2D eigenvalue weighted by Gasteiger charge is -2.23. The molecule has 1 saturated carbocycles. The Hall–Kier alpha value is -2.63. The summed E-state index contributed by atoms with van der Waals surface area (Å²) in [4.78, 5) is 23.8. The second-order valence-corrected chi connectivity index (χ2v) is 6.55. The number of carboxylic acid groups (broad SMARTS) is 1. The summed E-state index contributed by atoms with van der Waals surface area (Å²) in [7, 11) is 0. The van der Waals surface area contributed by atoms with Crippen molar-refractivity contribution in [2.75, 3.05) is 0 Å². The predicted octanol–water partition coefficient (Wildman–Crippen LogP) is 2.56. The van der Waals surface area contributed by atoms with E-state index in [1.807, 2.05) is 36.5 Å². The van der Waals surface area contributed by atoms with E-state index in [2.05, 4.69) is 10.4 Å². The Morgan fingerprint density at radius 1 is 1.16 bits per heavy atom. The van der Waals surface area contributed by atoms with Gasteiger partial charge in [0.2, 0.25) is 5.91 Å². The number of aliphatic carboxylic acids is 1. The highest BCUT2D eigenvalue weighted by Gasteiger charge is 2.30. The lowest BCUT2D eigenvalue weighted by atomic mass is 9.94. The molecule has 2 aromatic rings. The van der Waals surface area contributed by atoms with Crippen molar-refractivity contribution in [3.05, 3.63) is 48.3 Å². The Labute approximate surface area is 146 Å². The fourth-order valence-corrected chi connectivity index (χ4v) is 3.41. The number of benzene rings is 1. The van der Waals surface area contributed by atoms with Crippen LogP contribution < -0.4 is 5.32 Å². The van der Waals surface area contributed by atoms with Crippen molar-refractivity contribution in [1.82, 2.24) is 15.1 Å². The average molecular weight is 341 g/mol. The molecule has 6 nitrogen and oxygen atoms in total. The highest BCUT2D eigenvalue weighted by Crippen LogP contribution is 2.24. The fourth-order valence-electron chi connectivity index (χ4n) is 3.41. The van der Waals surface area contributed by atoms with Crippen LogP contribution in [-0.4, -0.2) is 32.8 Å². The molecule has 1 heterocycles. The third-order valence-electron chi connectivity index (χ3n) is 4.75. The monoisotopic (exact) mass is 341 g/mol. The first-order valence-electron chi connectivity index (χ1n) is 8.74.